The fourth-order valence-corrected chi connectivity index (χ4v) is 9.81. The van der Waals surface area contributed by atoms with Gasteiger partial charge in [0.1, 0.15) is 6.54 Å². The van der Waals surface area contributed by atoms with E-state index in [-0.39, 0.29) is 88.5 Å². The Kier molecular flexibility index (Phi) is 14.5. The van der Waals surface area contributed by atoms with E-state index in [4.69, 9.17) is 11.6 Å². The summed E-state index contributed by atoms with van der Waals surface area (Å²) in [5, 5.41) is 0.486. The van der Waals surface area contributed by atoms with E-state index in [0.29, 0.717) is 51.8 Å². The second kappa shape index (κ2) is 17.2. The zero-order valence-corrected chi connectivity index (χ0v) is 38.7. The number of allylic oxidation sites excluding steroid dienone is 8. The largest absolute Gasteiger partial charge is 1.00 e. The smallest absolute Gasteiger partial charge is 1.00 e. The quantitative estimate of drug-likeness (QED) is 0.129. The molecule has 0 saturated carbocycles. The monoisotopic (exact) mass is 899 g/mol. The van der Waals surface area contributed by atoms with E-state index in [1.165, 1.54) is 24.3 Å². The first-order chi connectivity index (χ1) is 25.2. The van der Waals surface area contributed by atoms with Gasteiger partial charge in [0.2, 0.25) is 5.69 Å². The first-order valence-electron chi connectivity index (χ1n) is 17.3. The average molecular weight is 901 g/mol. The molecular formula is C36H45ClKN2O12S4+. The van der Waals surface area contributed by atoms with Crippen LogP contribution in [0.5, 0.6) is 0 Å². The minimum Gasteiger partial charge on any atom is -1.00 e. The van der Waals surface area contributed by atoms with Crippen molar-refractivity contribution >= 4 is 69.2 Å². The van der Waals surface area contributed by atoms with Gasteiger partial charge in [0, 0.05) is 52.5 Å². The third-order valence-electron chi connectivity index (χ3n) is 10.2. The van der Waals surface area contributed by atoms with Crippen molar-refractivity contribution in [2.75, 3.05) is 29.5 Å². The molecule has 5 rings (SSSR count). The van der Waals surface area contributed by atoms with E-state index in [1.54, 1.807) is 12.1 Å². The number of anilines is 1. The molecule has 0 unspecified atom stereocenters. The maximum Gasteiger partial charge on any atom is 1.00 e. The van der Waals surface area contributed by atoms with Gasteiger partial charge < -0.3 is 6.33 Å². The Hall–Kier alpha value is -1.56. The molecule has 2 heterocycles. The molecule has 0 aromatic heterocycles. The molecule has 56 heavy (non-hydrogen) atoms. The molecule has 0 bridgehead atoms. The molecule has 0 spiro atoms. The number of nitrogens with zero attached hydrogens (tertiary/aromatic N) is 2. The molecule has 0 fully saturated rings. The van der Waals surface area contributed by atoms with Crippen molar-refractivity contribution in [3.05, 3.63) is 93.7 Å². The molecule has 4 N–H and O–H groups in total. The van der Waals surface area contributed by atoms with Gasteiger partial charge in [-0.05, 0) is 92.6 Å². The van der Waals surface area contributed by atoms with Crippen LogP contribution in [0.1, 0.15) is 72.4 Å². The van der Waals surface area contributed by atoms with E-state index < -0.39 is 62.8 Å². The van der Waals surface area contributed by atoms with Gasteiger partial charge in [-0.2, -0.15) is 38.2 Å². The Morgan fingerprint density at radius 1 is 0.768 bits per heavy atom. The fourth-order valence-electron chi connectivity index (χ4n) is 7.49. The molecule has 0 saturated heterocycles. The molecule has 2 aromatic rings. The van der Waals surface area contributed by atoms with Crippen LogP contribution in [0.15, 0.2) is 92.4 Å². The van der Waals surface area contributed by atoms with Gasteiger partial charge >= 0.3 is 51.4 Å². The summed E-state index contributed by atoms with van der Waals surface area (Å²) in [5.41, 5.74) is 3.83. The van der Waals surface area contributed by atoms with Crippen molar-refractivity contribution in [2.24, 2.45) is 0 Å². The van der Waals surface area contributed by atoms with E-state index >= 15 is 0 Å². The predicted octanol–water partition coefficient (Wildman–Crippen LogP) is 3.07. The van der Waals surface area contributed by atoms with Crippen LogP contribution in [0.3, 0.4) is 0 Å². The molecular weight excluding hydrogens is 855 g/mol. The third kappa shape index (κ3) is 10.6. The summed E-state index contributed by atoms with van der Waals surface area (Å²) in [6.07, 6.45) is 9.53. The Bertz CT molecular complexity index is 2550. The predicted molar refractivity (Wildman–Crippen MR) is 211 cm³/mol. The maximum absolute atomic E-state index is 12.0. The van der Waals surface area contributed by atoms with Crippen molar-refractivity contribution in [3.8, 4) is 0 Å². The second-order valence-electron chi connectivity index (χ2n) is 14.8. The van der Waals surface area contributed by atoms with Gasteiger partial charge in [0.25, 0.3) is 40.5 Å². The first kappa shape index (κ1) is 47.1. The Morgan fingerprint density at radius 2 is 1.34 bits per heavy atom. The van der Waals surface area contributed by atoms with Crippen molar-refractivity contribution in [2.45, 2.75) is 80.4 Å². The summed E-state index contributed by atoms with van der Waals surface area (Å²) in [5.74, 6) is -0.969. The summed E-state index contributed by atoms with van der Waals surface area (Å²) >= 11 is 7.04. The number of benzene rings is 2. The van der Waals surface area contributed by atoms with Crippen LogP contribution in [0.25, 0.3) is 0 Å². The minimum absolute atomic E-state index is 0. The van der Waals surface area contributed by atoms with Crippen molar-refractivity contribution in [3.63, 3.8) is 0 Å². The number of rotatable bonds is 13. The molecule has 3 aliphatic rings. The first-order valence-corrected chi connectivity index (χ1v) is 23.7. The van der Waals surface area contributed by atoms with Crippen molar-refractivity contribution in [1.29, 1.82) is 0 Å². The Balaban J connectivity index is 0.00000435. The topological polar surface area (TPSA) is 224 Å². The van der Waals surface area contributed by atoms with Crippen LogP contribution >= 0.6 is 11.6 Å². The number of halogens is 1. The Labute approximate surface area is 378 Å². The maximum atomic E-state index is 12.0. The van der Waals surface area contributed by atoms with E-state index in [2.05, 4.69) is 0 Å². The van der Waals surface area contributed by atoms with Gasteiger partial charge in [-0.3, -0.25) is 18.2 Å². The van der Waals surface area contributed by atoms with Gasteiger partial charge in [0.05, 0.1) is 26.7 Å². The molecule has 20 heteroatoms. The molecule has 2 aromatic carbocycles. The van der Waals surface area contributed by atoms with Crippen LogP contribution in [0.2, 0.25) is 0 Å². The summed E-state index contributed by atoms with van der Waals surface area (Å²) in [6, 6.07) is 8.42. The van der Waals surface area contributed by atoms with Crippen LogP contribution in [0.4, 0.5) is 11.4 Å². The van der Waals surface area contributed by atoms with E-state index in [0.717, 1.165) is 17.6 Å². The molecule has 0 atom stereocenters. The van der Waals surface area contributed by atoms with Crippen LogP contribution in [-0.4, -0.2) is 86.8 Å². The SMILES string of the molecule is CC1(C)C(/C=C/C2=C(Cl)C(=C/C=C3/N(CCCS(=O)(=O)O)c4ccc(S(=O)(=O)O)cc4C3(C)C)/CCC2)=[N+](CCCS(=O)(=O)O)c2ccc(S(=O)(=O)O)cc21.[H-].[K+]. The average Bonchev–Trinajstić information content (AvgIpc) is 3.39. The zero-order valence-electron chi connectivity index (χ0n) is 32.6. The summed E-state index contributed by atoms with van der Waals surface area (Å²) in [7, 11) is -17.5. The third-order valence-corrected chi connectivity index (χ3v) is 14.0. The number of hydrogen-bond donors (Lipinski definition) is 4. The summed E-state index contributed by atoms with van der Waals surface area (Å²) < 4.78 is 134. The fraction of sp³-hybridized carbons (Fsp3) is 0.417. The van der Waals surface area contributed by atoms with Crippen LogP contribution in [0, 0.1) is 0 Å². The van der Waals surface area contributed by atoms with Gasteiger partial charge in [-0.15, -0.1) is 0 Å². The summed E-state index contributed by atoms with van der Waals surface area (Å²) in [4.78, 5) is 1.29. The van der Waals surface area contributed by atoms with E-state index in [9.17, 15) is 51.9 Å². The van der Waals surface area contributed by atoms with E-state index in [1.807, 2.05) is 61.5 Å². The molecule has 302 valence electrons. The molecule has 2 aliphatic heterocycles. The number of fused-ring (bicyclic) bond motifs is 2. The molecule has 14 nitrogen and oxygen atoms in total. The second-order valence-corrected chi connectivity index (χ2v) is 21.2. The summed E-state index contributed by atoms with van der Waals surface area (Å²) in [6.45, 7) is 7.85. The normalized spacial score (nSPS) is 19.9. The standard InChI is InChI=1S/C36H43ClN2O12S4.K.H/c1-35(2)28-22-26(54(46,47)48)12-14-30(28)38(18-6-20-52(40,41)42)32(35)16-10-24-8-5-9-25(34(24)37)11-17-33-36(3,4)29-23-27(55(49,50)51)13-15-31(29)39(33)19-7-21-53(43,44)45;;/h10-17,22-23H,5-9,18-21H2,1-4H3,(H3-,40,41,42,43,44,45,46,47,48,49,50,51);;/q;+1;-1/p+1. The van der Waals surface area contributed by atoms with Crippen LogP contribution < -0.4 is 56.3 Å². The number of hydrogen-bond acceptors (Lipinski definition) is 9. The van der Waals surface area contributed by atoms with Gasteiger partial charge in [-0.25, -0.2) is 0 Å². The van der Waals surface area contributed by atoms with Crippen LogP contribution in [-0.2, 0) is 51.3 Å². The van der Waals surface area contributed by atoms with Crippen molar-refractivity contribution in [1.82, 2.24) is 0 Å². The Morgan fingerprint density at radius 3 is 1.93 bits per heavy atom. The molecule has 1 aliphatic carbocycles. The van der Waals surface area contributed by atoms with Gasteiger partial charge in [0.15, 0.2) is 5.71 Å². The zero-order chi connectivity index (χ0) is 40.9. The minimum atomic E-state index is -4.51. The molecule has 0 radical (unpaired) electrons. The van der Waals surface area contributed by atoms with Gasteiger partial charge in [-0.1, -0.05) is 37.6 Å². The molecule has 0 amide bonds. The van der Waals surface area contributed by atoms with Crippen molar-refractivity contribution < 1.29 is 109 Å².